The largest absolute Gasteiger partial charge is 0.380 e. The predicted octanol–water partition coefficient (Wildman–Crippen LogP) is 3.46. The van der Waals surface area contributed by atoms with Crippen LogP contribution in [0.5, 0.6) is 0 Å². The Balaban J connectivity index is 1.89. The van der Waals surface area contributed by atoms with Crippen LogP contribution in [0.2, 0.25) is 5.02 Å². The summed E-state index contributed by atoms with van der Waals surface area (Å²) in [5.41, 5.74) is 0.479. The van der Waals surface area contributed by atoms with Crippen LogP contribution in [0, 0.1) is 5.82 Å². The van der Waals surface area contributed by atoms with Crippen LogP contribution in [0.4, 0.5) is 10.1 Å². The first-order chi connectivity index (χ1) is 7.69. The van der Waals surface area contributed by atoms with Gasteiger partial charge in [0, 0.05) is 17.7 Å². The molecule has 1 aromatic rings. The van der Waals surface area contributed by atoms with E-state index >= 15 is 0 Å². The van der Waals surface area contributed by atoms with Gasteiger partial charge in [0.15, 0.2) is 0 Å². The lowest BCUT2D eigenvalue weighted by atomic mass is 9.89. The van der Waals surface area contributed by atoms with E-state index in [-0.39, 0.29) is 5.82 Å². The molecule has 1 N–H and O–H groups in total. The zero-order chi connectivity index (χ0) is 11.5. The maximum absolute atomic E-state index is 13.4. The van der Waals surface area contributed by atoms with Crippen molar-refractivity contribution < 1.29 is 9.13 Å². The number of rotatable bonds is 4. The quantitative estimate of drug-likeness (QED) is 0.875. The molecule has 0 amide bonds. The van der Waals surface area contributed by atoms with Gasteiger partial charge in [-0.1, -0.05) is 11.6 Å². The summed E-state index contributed by atoms with van der Waals surface area (Å²) in [4.78, 5) is 0. The highest BCUT2D eigenvalue weighted by atomic mass is 35.5. The first kappa shape index (κ1) is 11.7. The molecular formula is C12H15ClFNO. The monoisotopic (exact) mass is 243 g/mol. The van der Waals surface area contributed by atoms with Gasteiger partial charge >= 0.3 is 0 Å². The van der Waals surface area contributed by atoms with Gasteiger partial charge in [0.2, 0.25) is 0 Å². The lowest BCUT2D eigenvalue weighted by molar-refractivity contribution is 0.00293. The highest BCUT2D eigenvalue weighted by Gasteiger charge is 2.29. The minimum absolute atomic E-state index is 0.260. The summed E-state index contributed by atoms with van der Waals surface area (Å²) in [6.07, 6.45) is 2.18. The van der Waals surface area contributed by atoms with E-state index in [0.29, 0.717) is 22.9 Å². The van der Waals surface area contributed by atoms with Gasteiger partial charge in [-0.15, -0.1) is 0 Å². The van der Waals surface area contributed by atoms with Gasteiger partial charge in [-0.3, -0.25) is 0 Å². The zero-order valence-electron chi connectivity index (χ0n) is 9.17. The summed E-state index contributed by atoms with van der Waals surface area (Å²) >= 11 is 5.81. The van der Waals surface area contributed by atoms with Crippen LogP contribution in [0.25, 0.3) is 0 Å². The predicted molar refractivity (Wildman–Crippen MR) is 63.5 cm³/mol. The van der Waals surface area contributed by atoms with Crippen LogP contribution in [0.3, 0.4) is 0 Å². The van der Waals surface area contributed by atoms with E-state index in [1.54, 1.807) is 12.1 Å². The molecule has 4 heteroatoms. The molecule has 0 aliphatic heterocycles. The second-order valence-electron chi connectivity index (χ2n) is 4.01. The summed E-state index contributed by atoms with van der Waals surface area (Å²) in [7, 11) is 0. The van der Waals surface area contributed by atoms with Crippen molar-refractivity contribution in [3.05, 3.63) is 29.0 Å². The highest BCUT2D eigenvalue weighted by Crippen LogP contribution is 2.28. The van der Waals surface area contributed by atoms with Crippen LogP contribution in [-0.4, -0.2) is 18.8 Å². The second kappa shape index (κ2) is 5.02. The average molecular weight is 244 g/mol. The van der Waals surface area contributed by atoms with Crippen LogP contribution in [0.15, 0.2) is 18.2 Å². The number of benzene rings is 1. The van der Waals surface area contributed by atoms with E-state index in [1.807, 2.05) is 6.92 Å². The van der Waals surface area contributed by atoms with Crippen LogP contribution in [-0.2, 0) is 4.74 Å². The lowest BCUT2D eigenvalue weighted by Crippen LogP contribution is -2.41. The molecule has 2 nitrogen and oxygen atoms in total. The molecule has 1 fully saturated rings. The van der Waals surface area contributed by atoms with Gasteiger partial charge in [0.1, 0.15) is 5.82 Å². The summed E-state index contributed by atoms with van der Waals surface area (Å²) in [6.45, 7) is 2.72. The van der Waals surface area contributed by atoms with E-state index in [0.717, 1.165) is 19.4 Å². The van der Waals surface area contributed by atoms with Crippen LogP contribution >= 0.6 is 11.6 Å². The molecule has 0 aromatic heterocycles. The first-order valence-corrected chi connectivity index (χ1v) is 5.90. The Bertz CT molecular complexity index is 366. The summed E-state index contributed by atoms with van der Waals surface area (Å²) < 4.78 is 18.8. The molecule has 16 heavy (non-hydrogen) atoms. The van der Waals surface area contributed by atoms with Gasteiger partial charge < -0.3 is 10.1 Å². The zero-order valence-corrected chi connectivity index (χ0v) is 9.93. The minimum atomic E-state index is -0.260. The van der Waals surface area contributed by atoms with Gasteiger partial charge in [0.25, 0.3) is 0 Å². The molecule has 0 atom stereocenters. The minimum Gasteiger partial charge on any atom is -0.380 e. The Morgan fingerprint density at radius 3 is 2.94 bits per heavy atom. The number of ether oxygens (including phenoxy) is 1. The molecule has 0 saturated heterocycles. The molecule has 0 bridgehead atoms. The van der Waals surface area contributed by atoms with Crippen molar-refractivity contribution in [2.24, 2.45) is 0 Å². The normalized spacial score (nSPS) is 23.9. The molecule has 2 rings (SSSR count). The third-order valence-electron chi connectivity index (χ3n) is 2.79. The van der Waals surface area contributed by atoms with Crippen molar-refractivity contribution in [2.45, 2.75) is 31.9 Å². The van der Waals surface area contributed by atoms with Gasteiger partial charge in [0.05, 0.1) is 11.8 Å². The highest BCUT2D eigenvalue weighted by molar-refractivity contribution is 6.30. The maximum atomic E-state index is 13.4. The van der Waals surface area contributed by atoms with Crippen molar-refractivity contribution in [1.29, 1.82) is 0 Å². The van der Waals surface area contributed by atoms with Crippen molar-refractivity contribution in [1.82, 2.24) is 0 Å². The fourth-order valence-electron chi connectivity index (χ4n) is 1.88. The molecule has 0 radical (unpaired) electrons. The van der Waals surface area contributed by atoms with E-state index in [9.17, 15) is 4.39 Å². The molecule has 1 saturated carbocycles. The number of hydrogen-bond donors (Lipinski definition) is 1. The second-order valence-corrected chi connectivity index (χ2v) is 4.45. The number of hydrogen-bond acceptors (Lipinski definition) is 2. The third-order valence-corrected chi connectivity index (χ3v) is 3.02. The smallest absolute Gasteiger partial charge is 0.146 e. The number of halogens is 2. The van der Waals surface area contributed by atoms with Crippen molar-refractivity contribution in [3.8, 4) is 0 Å². The number of nitrogens with one attached hydrogen (secondary N) is 1. The molecule has 88 valence electrons. The Morgan fingerprint density at radius 2 is 2.25 bits per heavy atom. The van der Waals surface area contributed by atoms with Crippen LogP contribution < -0.4 is 5.32 Å². The van der Waals surface area contributed by atoms with E-state index < -0.39 is 0 Å². The fourth-order valence-corrected chi connectivity index (χ4v) is 2.06. The molecule has 1 aromatic carbocycles. The van der Waals surface area contributed by atoms with Crippen molar-refractivity contribution in [2.75, 3.05) is 11.9 Å². The summed E-state index contributed by atoms with van der Waals surface area (Å²) in [5, 5.41) is 3.68. The molecule has 1 aliphatic rings. The fraction of sp³-hybridized carbons (Fsp3) is 0.500. The Labute approximate surface area is 99.7 Å². The average Bonchev–Trinajstić information content (AvgIpc) is 2.20. The lowest BCUT2D eigenvalue weighted by Gasteiger charge is -2.36. The molecular weight excluding hydrogens is 229 g/mol. The van der Waals surface area contributed by atoms with Gasteiger partial charge in [-0.2, -0.15) is 0 Å². The molecule has 1 aliphatic carbocycles. The van der Waals surface area contributed by atoms with Gasteiger partial charge in [-0.25, -0.2) is 4.39 Å². The maximum Gasteiger partial charge on any atom is 0.146 e. The van der Waals surface area contributed by atoms with E-state index in [2.05, 4.69) is 5.32 Å². The number of anilines is 1. The van der Waals surface area contributed by atoms with Gasteiger partial charge in [-0.05, 0) is 38.0 Å². The molecule has 0 spiro atoms. The molecule has 0 heterocycles. The Kier molecular flexibility index (Phi) is 3.66. The Morgan fingerprint density at radius 1 is 1.50 bits per heavy atom. The summed E-state index contributed by atoms with van der Waals surface area (Å²) in [6, 6.07) is 4.84. The van der Waals surface area contributed by atoms with E-state index in [1.165, 1.54) is 6.07 Å². The van der Waals surface area contributed by atoms with Crippen molar-refractivity contribution >= 4 is 17.3 Å². The first-order valence-electron chi connectivity index (χ1n) is 5.52. The third kappa shape index (κ3) is 2.66. The molecule has 0 unspecified atom stereocenters. The standard InChI is InChI=1S/C12H15ClFNO/c1-2-16-10-6-9(7-10)15-12-5-8(13)3-4-11(12)14/h3-5,9-10,15H,2,6-7H2,1H3. The topological polar surface area (TPSA) is 21.3 Å². The van der Waals surface area contributed by atoms with Crippen molar-refractivity contribution in [3.63, 3.8) is 0 Å². The SMILES string of the molecule is CCOC1CC(Nc2cc(Cl)ccc2F)C1. The van der Waals surface area contributed by atoms with E-state index in [4.69, 9.17) is 16.3 Å². The Hall–Kier alpha value is -0.800. The van der Waals surface area contributed by atoms with Crippen LogP contribution in [0.1, 0.15) is 19.8 Å². The summed E-state index contributed by atoms with van der Waals surface area (Å²) in [5.74, 6) is -0.260.